The Labute approximate surface area is 142 Å². The number of nitrogens with zero attached hydrogens (tertiary/aromatic N) is 3. The largest absolute Gasteiger partial charge is 0.282 e. The summed E-state index contributed by atoms with van der Waals surface area (Å²) < 4.78 is 1.72. The molecule has 2 heterocycles. The van der Waals surface area contributed by atoms with Gasteiger partial charge < -0.3 is 0 Å². The smallest absolute Gasteiger partial charge is 0.233 e. The normalized spacial score (nSPS) is 17.8. The van der Waals surface area contributed by atoms with E-state index in [2.05, 4.69) is 24.2 Å². The Bertz CT molecular complexity index is 751. The van der Waals surface area contributed by atoms with Gasteiger partial charge in [0.25, 0.3) is 0 Å². The van der Waals surface area contributed by atoms with Gasteiger partial charge in [-0.15, -0.1) is 0 Å². The zero-order valence-corrected chi connectivity index (χ0v) is 14.2. The first-order valence-electron chi connectivity index (χ1n) is 8.41. The highest BCUT2D eigenvalue weighted by Gasteiger charge is 2.38. The van der Waals surface area contributed by atoms with E-state index in [0.717, 1.165) is 18.4 Å². The number of imide groups is 1. The lowest BCUT2D eigenvalue weighted by Crippen LogP contribution is -2.32. The number of hydrogen-bond donors (Lipinski definition) is 0. The molecule has 0 N–H and O–H groups in total. The van der Waals surface area contributed by atoms with Gasteiger partial charge >= 0.3 is 0 Å². The number of rotatable bonds is 6. The summed E-state index contributed by atoms with van der Waals surface area (Å²) >= 11 is 0. The average Bonchev–Trinajstić information content (AvgIpc) is 3.07. The second-order valence-electron chi connectivity index (χ2n) is 6.54. The molecule has 0 radical (unpaired) electrons. The van der Waals surface area contributed by atoms with Gasteiger partial charge in [-0.2, -0.15) is 5.10 Å². The van der Waals surface area contributed by atoms with Gasteiger partial charge in [0.15, 0.2) is 0 Å². The maximum atomic E-state index is 12.5. The molecule has 1 aromatic carbocycles. The van der Waals surface area contributed by atoms with Crippen LogP contribution in [0, 0.1) is 12.8 Å². The summed E-state index contributed by atoms with van der Waals surface area (Å²) in [5.41, 5.74) is 3.54. The second-order valence-corrected chi connectivity index (χ2v) is 6.54. The first-order chi connectivity index (χ1) is 11.5. The molecule has 2 amide bonds. The topological polar surface area (TPSA) is 55.2 Å². The zero-order valence-electron chi connectivity index (χ0n) is 14.2. The van der Waals surface area contributed by atoms with Crippen molar-refractivity contribution in [1.82, 2.24) is 14.7 Å². The van der Waals surface area contributed by atoms with Crippen LogP contribution >= 0.6 is 0 Å². The van der Waals surface area contributed by atoms with Gasteiger partial charge in [0.05, 0.1) is 12.1 Å². The molecule has 5 nitrogen and oxygen atoms in total. The third-order valence-corrected chi connectivity index (χ3v) is 4.67. The summed E-state index contributed by atoms with van der Waals surface area (Å²) in [6, 6.07) is 8.24. The van der Waals surface area contributed by atoms with Crippen molar-refractivity contribution in [2.24, 2.45) is 13.0 Å². The number of aromatic nitrogens is 2. The third kappa shape index (κ3) is 3.55. The van der Waals surface area contributed by atoms with Crippen LogP contribution in [0.4, 0.5) is 0 Å². The van der Waals surface area contributed by atoms with Gasteiger partial charge in [0.1, 0.15) is 0 Å². The lowest BCUT2D eigenvalue weighted by Gasteiger charge is -2.15. The molecule has 0 unspecified atom stereocenters. The van der Waals surface area contributed by atoms with Gasteiger partial charge in [-0.05, 0) is 42.9 Å². The fraction of sp³-hybridized carbons (Fsp3) is 0.421. The van der Waals surface area contributed by atoms with Crippen LogP contribution in [0.2, 0.25) is 0 Å². The number of carbonyl (C=O) groups excluding carboxylic acids is 2. The van der Waals surface area contributed by atoms with Crippen molar-refractivity contribution in [2.45, 2.75) is 32.6 Å². The summed E-state index contributed by atoms with van der Waals surface area (Å²) in [5.74, 6) is -0.313. The van der Waals surface area contributed by atoms with Gasteiger partial charge in [-0.25, -0.2) is 0 Å². The molecule has 126 valence electrons. The molecule has 3 rings (SSSR count). The van der Waals surface area contributed by atoms with Crippen molar-refractivity contribution in [3.05, 3.63) is 53.3 Å². The van der Waals surface area contributed by atoms with E-state index in [1.54, 1.807) is 10.9 Å². The van der Waals surface area contributed by atoms with E-state index in [0.29, 0.717) is 19.4 Å². The molecule has 1 aliphatic heterocycles. The van der Waals surface area contributed by atoms with Crippen LogP contribution in [-0.2, 0) is 29.5 Å². The lowest BCUT2D eigenvalue weighted by atomic mass is 10.0. The van der Waals surface area contributed by atoms with Crippen molar-refractivity contribution in [1.29, 1.82) is 0 Å². The predicted octanol–water partition coefficient (Wildman–Crippen LogP) is 2.28. The number of hydrogen-bond acceptors (Lipinski definition) is 3. The minimum Gasteiger partial charge on any atom is -0.282 e. The lowest BCUT2D eigenvalue weighted by molar-refractivity contribution is -0.139. The molecule has 0 saturated carbocycles. The van der Waals surface area contributed by atoms with Crippen molar-refractivity contribution < 1.29 is 9.59 Å². The van der Waals surface area contributed by atoms with E-state index in [-0.39, 0.29) is 17.7 Å². The van der Waals surface area contributed by atoms with Gasteiger partial charge in [-0.3, -0.25) is 19.2 Å². The monoisotopic (exact) mass is 325 g/mol. The first kappa shape index (κ1) is 16.4. The van der Waals surface area contributed by atoms with E-state index in [1.807, 2.05) is 25.4 Å². The highest BCUT2D eigenvalue weighted by atomic mass is 16.2. The molecule has 1 aromatic heterocycles. The fourth-order valence-electron chi connectivity index (χ4n) is 3.33. The fourth-order valence-corrected chi connectivity index (χ4v) is 3.33. The minimum absolute atomic E-state index is 0.0337. The Morgan fingerprint density at radius 1 is 1.25 bits per heavy atom. The van der Waals surface area contributed by atoms with Crippen LogP contribution in [0.15, 0.2) is 36.7 Å². The maximum Gasteiger partial charge on any atom is 0.233 e. The average molecular weight is 325 g/mol. The Balaban J connectivity index is 1.55. The molecular formula is C19H23N3O2. The number of carbonyl (C=O) groups is 2. The van der Waals surface area contributed by atoms with Crippen LogP contribution in [-0.4, -0.2) is 33.0 Å². The number of benzene rings is 1. The van der Waals surface area contributed by atoms with Crippen molar-refractivity contribution in [3.8, 4) is 0 Å². The number of likely N-dealkylation sites (tertiary alicyclic amines) is 1. The van der Waals surface area contributed by atoms with Crippen molar-refractivity contribution >= 4 is 11.8 Å². The Morgan fingerprint density at radius 3 is 2.75 bits per heavy atom. The van der Waals surface area contributed by atoms with E-state index < -0.39 is 0 Å². The maximum absolute atomic E-state index is 12.5. The van der Waals surface area contributed by atoms with Gasteiger partial charge in [0.2, 0.25) is 11.8 Å². The molecule has 24 heavy (non-hydrogen) atoms. The summed E-state index contributed by atoms with van der Waals surface area (Å²) in [7, 11) is 1.85. The zero-order chi connectivity index (χ0) is 17.1. The van der Waals surface area contributed by atoms with Crippen LogP contribution < -0.4 is 0 Å². The molecule has 0 bridgehead atoms. The second kappa shape index (κ2) is 6.99. The summed E-state index contributed by atoms with van der Waals surface area (Å²) in [4.78, 5) is 26.1. The first-order valence-corrected chi connectivity index (χ1v) is 8.41. The van der Waals surface area contributed by atoms with E-state index >= 15 is 0 Å². The third-order valence-electron chi connectivity index (χ3n) is 4.67. The molecule has 1 fully saturated rings. The molecule has 1 aliphatic rings. The molecule has 5 heteroatoms. The van der Waals surface area contributed by atoms with Crippen LogP contribution in [0.5, 0.6) is 0 Å². The highest BCUT2D eigenvalue weighted by Crippen LogP contribution is 2.24. The summed E-state index contributed by atoms with van der Waals surface area (Å²) in [6.45, 7) is 2.60. The van der Waals surface area contributed by atoms with E-state index in [9.17, 15) is 9.59 Å². The Hall–Kier alpha value is -2.43. The van der Waals surface area contributed by atoms with E-state index in [1.165, 1.54) is 16.0 Å². The molecule has 0 spiro atoms. The van der Waals surface area contributed by atoms with Crippen LogP contribution in [0.25, 0.3) is 0 Å². The SMILES string of the molecule is Cc1ccccc1CCCN1C(=O)C[C@H](Cc2cnn(C)c2)C1=O. The van der Waals surface area contributed by atoms with Crippen molar-refractivity contribution in [2.75, 3.05) is 6.54 Å². The summed E-state index contributed by atoms with van der Waals surface area (Å²) in [6.07, 6.45) is 6.26. The number of amides is 2. The minimum atomic E-state index is -0.236. The molecule has 1 saturated heterocycles. The van der Waals surface area contributed by atoms with Crippen LogP contribution in [0.3, 0.4) is 0 Å². The van der Waals surface area contributed by atoms with Gasteiger partial charge in [0, 0.05) is 26.2 Å². The standard InChI is InChI=1S/C19H23N3O2/c1-14-6-3-4-7-16(14)8-5-9-22-18(23)11-17(19(22)24)10-15-12-20-21(2)13-15/h3-4,6-7,12-13,17H,5,8-11H2,1-2H3/t17-/m0/s1. The molecular weight excluding hydrogens is 302 g/mol. The predicted molar refractivity (Wildman–Crippen MR) is 91.2 cm³/mol. The number of aryl methyl sites for hydroxylation is 3. The molecule has 2 aromatic rings. The highest BCUT2D eigenvalue weighted by molar-refractivity contribution is 6.03. The summed E-state index contributed by atoms with van der Waals surface area (Å²) in [5, 5.41) is 4.12. The Morgan fingerprint density at radius 2 is 2.04 bits per heavy atom. The van der Waals surface area contributed by atoms with Crippen molar-refractivity contribution in [3.63, 3.8) is 0 Å². The molecule has 1 atom stereocenters. The quantitative estimate of drug-likeness (QED) is 0.766. The van der Waals surface area contributed by atoms with Gasteiger partial charge in [-0.1, -0.05) is 24.3 Å². The Kier molecular flexibility index (Phi) is 4.79. The van der Waals surface area contributed by atoms with Crippen LogP contribution in [0.1, 0.15) is 29.5 Å². The van der Waals surface area contributed by atoms with E-state index in [4.69, 9.17) is 0 Å². The molecule has 0 aliphatic carbocycles.